The van der Waals surface area contributed by atoms with E-state index < -0.39 is 15.0 Å². The van der Waals surface area contributed by atoms with Gasteiger partial charge in [0.25, 0.3) is 9.05 Å². The molecule has 0 N–H and O–H groups in total. The maximum atomic E-state index is 11.1. The Morgan fingerprint density at radius 2 is 2.21 bits per heavy atom. The molecule has 0 atom stereocenters. The molecule has 4 nitrogen and oxygen atoms in total. The molecule has 0 aliphatic carbocycles. The van der Waals surface area contributed by atoms with Crippen LogP contribution in [-0.2, 0) is 13.8 Å². The summed E-state index contributed by atoms with van der Waals surface area (Å²) in [6.45, 7) is 0. The van der Waals surface area contributed by atoms with Crippen LogP contribution < -0.4 is 0 Å². The highest BCUT2D eigenvalue weighted by Gasteiger charge is 2.26. The van der Waals surface area contributed by atoms with Crippen molar-refractivity contribution in [2.24, 2.45) is 0 Å². The van der Waals surface area contributed by atoms with E-state index in [2.05, 4.69) is 20.7 Å². The van der Waals surface area contributed by atoms with Crippen LogP contribution in [0.15, 0.2) is 14.7 Å². The quantitative estimate of drug-likeness (QED) is 0.619. The summed E-state index contributed by atoms with van der Waals surface area (Å²) in [4.78, 5) is 10.9. The summed E-state index contributed by atoms with van der Waals surface area (Å²) in [5.74, 6) is -0.722. The predicted octanol–water partition coefficient (Wildman–Crippen LogP) is 2.22. The largest absolute Gasteiger partial charge is 0.465 e. The van der Waals surface area contributed by atoms with E-state index >= 15 is 0 Å². The van der Waals surface area contributed by atoms with Crippen molar-refractivity contribution in [2.45, 2.75) is 4.90 Å². The first kappa shape index (κ1) is 12.0. The molecule has 1 rings (SSSR count). The van der Waals surface area contributed by atoms with Crippen LogP contribution in [0.3, 0.4) is 0 Å². The fourth-order valence-electron chi connectivity index (χ4n) is 0.787. The lowest BCUT2D eigenvalue weighted by molar-refractivity contribution is 0.0602. The van der Waals surface area contributed by atoms with Crippen LogP contribution >= 0.6 is 37.9 Å². The Balaban J connectivity index is 3.42. The molecule has 0 radical (unpaired) electrons. The second-order valence-electron chi connectivity index (χ2n) is 2.17. The van der Waals surface area contributed by atoms with Crippen LogP contribution in [0.5, 0.6) is 0 Å². The van der Waals surface area contributed by atoms with Gasteiger partial charge in [0.05, 0.1) is 7.11 Å². The minimum atomic E-state index is -3.94. The predicted molar refractivity (Wildman–Crippen MR) is 56.4 cm³/mol. The fraction of sp³-hybridized carbons (Fsp3) is 0.167. The van der Waals surface area contributed by atoms with Gasteiger partial charge in [0, 0.05) is 20.5 Å². The van der Waals surface area contributed by atoms with Gasteiger partial charge in [-0.1, -0.05) is 0 Å². The van der Waals surface area contributed by atoms with Gasteiger partial charge in [0.2, 0.25) is 0 Å². The molecule has 0 aliphatic heterocycles. The smallest absolute Gasteiger partial charge is 0.349 e. The van der Waals surface area contributed by atoms with E-state index in [1.807, 2.05) is 0 Å². The number of esters is 1. The Morgan fingerprint density at radius 3 is 2.64 bits per heavy atom. The second kappa shape index (κ2) is 4.18. The molecule has 0 bridgehead atoms. The molecule has 78 valence electrons. The molecule has 0 unspecified atom stereocenters. The first-order chi connectivity index (χ1) is 6.38. The van der Waals surface area contributed by atoms with Gasteiger partial charge in [-0.3, -0.25) is 0 Å². The molecule has 0 amide bonds. The van der Waals surface area contributed by atoms with E-state index in [0.717, 1.165) is 11.3 Å². The van der Waals surface area contributed by atoms with Crippen molar-refractivity contribution in [1.82, 2.24) is 0 Å². The molecule has 0 aromatic carbocycles. The Kier molecular flexibility index (Phi) is 3.57. The zero-order valence-electron chi connectivity index (χ0n) is 6.78. The lowest BCUT2D eigenvalue weighted by Crippen LogP contribution is -2.04. The number of carbonyl (C=O) groups is 1. The minimum absolute atomic E-state index is 0.0330. The zero-order chi connectivity index (χ0) is 10.9. The van der Waals surface area contributed by atoms with Crippen LogP contribution in [0.25, 0.3) is 0 Å². The third-order valence-corrected chi connectivity index (χ3v) is 4.97. The Hall–Kier alpha value is -0.110. The van der Waals surface area contributed by atoms with Gasteiger partial charge in [0.15, 0.2) is 0 Å². The monoisotopic (exact) mass is 318 g/mol. The number of rotatable bonds is 2. The molecule has 0 aliphatic rings. The first-order valence-electron chi connectivity index (χ1n) is 3.18. The number of hydrogen-bond donors (Lipinski definition) is 0. The Morgan fingerprint density at radius 1 is 1.64 bits per heavy atom. The van der Waals surface area contributed by atoms with Gasteiger partial charge in [-0.15, -0.1) is 11.3 Å². The van der Waals surface area contributed by atoms with Crippen LogP contribution in [0.4, 0.5) is 0 Å². The molecular formula is C6H4BrClO4S2. The Bertz CT molecular complexity index is 464. The third kappa shape index (κ3) is 2.28. The average molecular weight is 320 g/mol. The van der Waals surface area contributed by atoms with Crippen molar-refractivity contribution < 1.29 is 17.9 Å². The highest BCUT2D eigenvalue weighted by Crippen LogP contribution is 2.34. The van der Waals surface area contributed by atoms with E-state index in [-0.39, 0.29) is 14.2 Å². The molecule has 1 aromatic heterocycles. The summed E-state index contributed by atoms with van der Waals surface area (Å²) in [5, 5.41) is 1.46. The number of halogens is 2. The van der Waals surface area contributed by atoms with E-state index in [4.69, 9.17) is 10.7 Å². The topological polar surface area (TPSA) is 60.4 Å². The summed E-state index contributed by atoms with van der Waals surface area (Å²) in [7, 11) is 2.38. The summed E-state index contributed by atoms with van der Waals surface area (Å²) in [6, 6.07) is 0. The molecule has 14 heavy (non-hydrogen) atoms. The molecular weight excluding hydrogens is 316 g/mol. The maximum absolute atomic E-state index is 11.1. The standard InChI is InChI=1S/C6H4BrClO4S2/c1-12-6(9)4-5(14(8,10)11)3(7)2-13-4/h2H,1H3. The van der Waals surface area contributed by atoms with Crippen molar-refractivity contribution in [3.8, 4) is 0 Å². The summed E-state index contributed by atoms with van der Waals surface area (Å²) in [6.07, 6.45) is 0. The molecule has 1 heterocycles. The number of ether oxygens (including phenoxy) is 1. The maximum Gasteiger partial charge on any atom is 0.349 e. The lowest BCUT2D eigenvalue weighted by atomic mass is 10.5. The molecule has 8 heteroatoms. The lowest BCUT2D eigenvalue weighted by Gasteiger charge is -1.98. The van der Waals surface area contributed by atoms with Gasteiger partial charge in [-0.2, -0.15) is 0 Å². The van der Waals surface area contributed by atoms with Crippen LogP contribution in [0.1, 0.15) is 9.67 Å². The highest BCUT2D eigenvalue weighted by atomic mass is 79.9. The van der Waals surface area contributed by atoms with Crippen molar-refractivity contribution >= 4 is 53.0 Å². The number of methoxy groups -OCH3 is 1. The normalized spacial score (nSPS) is 11.4. The van der Waals surface area contributed by atoms with Crippen LogP contribution in [0.2, 0.25) is 0 Å². The highest BCUT2D eigenvalue weighted by molar-refractivity contribution is 9.10. The van der Waals surface area contributed by atoms with Gasteiger partial charge in [-0.25, -0.2) is 13.2 Å². The molecule has 0 fully saturated rings. The Labute approximate surface area is 97.4 Å². The van der Waals surface area contributed by atoms with E-state index in [0.29, 0.717) is 0 Å². The van der Waals surface area contributed by atoms with Crippen molar-refractivity contribution in [3.05, 3.63) is 14.7 Å². The van der Waals surface area contributed by atoms with Crippen LogP contribution in [-0.4, -0.2) is 21.5 Å². The molecule has 0 saturated carbocycles. The zero-order valence-corrected chi connectivity index (χ0v) is 10.8. The number of thiophene rings is 1. The summed E-state index contributed by atoms with van der Waals surface area (Å²) >= 11 is 3.94. The van der Waals surface area contributed by atoms with Crippen LogP contribution in [0, 0.1) is 0 Å². The second-order valence-corrected chi connectivity index (χ2v) is 6.41. The average Bonchev–Trinajstić information content (AvgIpc) is 2.44. The van der Waals surface area contributed by atoms with Crippen molar-refractivity contribution in [2.75, 3.05) is 7.11 Å². The van der Waals surface area contributed by atoms with Gasteiger partial charge in [-0.05, 0) is 15.9 Å². The first-order valence-corrected chi connectivity index (χ1v) is 7.16. The van der Waals surface area contributed by atoms with Gasteiger partial charge in [0.1, 0.15) is 9.77 Å². The van der Waals surface area contributed by atoms with Gasteiger partial charge >= 0.3 is 5.97 Å². The minimum Gasteiger partial charge on any atom is -0.465 e. The van der Waals surface area contributed by atoms with Crippen molar-refractivity contribution in [3.63, 3.8) is 0 Å². The summed E-state index contributed by atoms with van der Waals surface area (Å²) < 4.78 is 26.9. The van der Waals surface area contributed by atoms with E-state index in [9.17, 15) is 13.2 Å². The molecule has 0 saturated heterocycles. The number of carbonyl (C=O) groups excluding carboxylic acids is 1. The SMILES string of the molecule is COC(=O)c1scc(Br)c1S(=O)(=O)Cl. The molecule has 1 aromatic rings. The summed E-state index contributed by atoms with van der Waals surface area (Å²) in [5.41, 5.74) is 0. The third-order valence-electron chi connectivity index (χ3n) is 1.32. The number of hydrogen-bond acceptors (Lipinski definition) is 5. The molecule has 0 spiro atoms. The van der Waals surface area contributed by atoms with E-state index in [1.54, 1.807) is 0 Å². The van der Waals surface area contributed by atoms with Gasteiger partial charge < -0.3 is 4.74 Å². The van der Waals surface area contributed by atoms with Crippen molar-refractivity contribution in [1.29, 1.82) is 0 Å². The van der Waals surface area contributed by atoms with E-state index in [1.165, 1.54) is 12.5 Å². The fourth-order valence-corrected chi connectivity index (χ4v) is 4.81.